The lowest BCUT2D eigenvalue weighted by atomic mass is 9.78. The molecular formula is C19H18F3NO4. The normalized spacial score (nSPS) is 25.7. The second kappa shape index (κ2) is 5.87. The van der Waals surface area contributed by atoms with E-state index < -0.39 is 41.9 Å². The van der Waals surface area contributed by atoms with Crippen LogP contribution < -0.4 is 5.32 Å². The summed E-state index contributed by atoms with van der Waals surface area (Å²) < 4.78 is 52.0. The van der Waals surface area contributed by atoms with Crippen LogP contribution in [-0.4, -0.2) is 31.6 Å². The van der Waals surface area contributed by atoms with Crippen LogP contribution in [-0.2, 0) is 19.1 Å². The number of ether oxygens (including phenoxy) is 2. The Morgan fingerprint density at radius 2 is 2.11 bits per heavy atom. The van der Waals surface area contributed by atoms with Crippen molar-refractivity contribution in [2.75, 3.05) is 13.7 Å². The van der Waals surface area contributed by atoms with Gasteiger partial charge in [-0.15, -0.1) is 0 Å². The van der Waals surface area contributed by atoms with Gasteiger partial charge < -0.3 is 14.8 Å². The fraction of sp³-hybridized carbons (Fsp3) is 0.368. The number of carbonyl (C=O) groups is 2. The first kappa shape index (κ1) is 17.6. The summed E-state index contributed by atoms with van der Waals surface area (Å²) in [6, 6.07) is 3.95. The minimum Gasteiger partial charge on any atom is -0.466 e. The zero-order valence-electron chi connectivity index (χ0n) is 14.6. The molecule has 3 aliphatic rings. The highest BCUT2D eigenvalue weighted by Gasteiger charge is 2.60. The molecule has 27 heavy (non-hydrogen) atoms. The molecule has 1 N–H and O–H groups in total. The molecule has 2 aliphatic heterocycles. The summed E-state index contributed by atoms with van der Waals surface area (Å²) in [6.07, 6.45) is -0.474. The standard InChI is InChI=1S/C19H16F3NO4.H2/c1-8-13(17(24)26-2)15(16-12(23-8)7-27-18(16)25)9-4-3-5-11(20)14(9)10-6-19(10,21)22;/h3-5,10,15,23H,6-7H2,1-2H3;1H/t10-,15-;/m1./s1. The number of benzene rings is 1. The second-order valence-corrected chi connectivity index (χ2v) is 6.82. The fourth-order valence-corrected chi connectivity index (χ4v) is 3.86. The first-order valence-electron chi connectivity index (χ1n) is 8.38. The maximum atomic E-state index is 14.6. The van der Waals surface area contributed by atoms with Crippen LogP contribution in [0.4, 0.5) is 13.2 Å². The molecule has 8 heteroatoms. The van der Waals surface area contributed by atoms with Gasteiger partial charge in [-0.2, -0.15) is 0 Å². The van der Waals surface area contributed by atoms with Crippen LogP contribution in [0.5, 0.6) is 0 Å². The molecule has 1 fully saturated rings. The Morgan fingerprint density at radius 3 is 2.74 bits per heavy atom. The smallest absolute Gasteiger partial charge is 0.337 e. The molecule has 2 atom stereocenters. The van der Waals surface area contributed by atoms with E-state index in [2.05, 4.69) is 5.32 Å². The molecule has 2 heterocycles. The monoisotopic (exact) mass is 381 g/mol. The molecule has 1 aliphatic carbocycles. The predicted octanol–water partition coefficient (Wildman–Crippen LogP) is 3.14. The Bertz CT molecular complexity index is 941. The predicted molar refractivity (Wildman–Crippen MR) is 89.4 cm³/mol. The third-order valence-corrected chi connectivity index (χ3v) is 5.19. The molecule has 0 saturated heterocycles. The van der Waals surface area contributed by atoms with Gasteiger partial charge in [0.1, 0.15) is 12.4 Å². The van der Waals surface area contributed by atoms with Crippen molar-refractivity contribution < 1.29 is 33.7 Å². The van der Waals surface area contributed by atoms with E-state index in [9.17, 15) is 22.8 Å². The van der Waals surface area contributed by atoms with E-state index in [-0.39, 0.29) is 30.3 Å². The lowest BCUT2D eigenvalue weighted by Gasteiger charge is -2.29. The van der Waals surface area contributed by atoms with Gasteiger partial charge in [0.15, 0.2) is 0 Å². The number of esters is 2. The molecule has 144 valence electrons. The number of alkyl halides is 2. The van der Waals surface area contributed by atoms with Gasteiger partial charge in [0.25, 0.3) is 5.92 Å². The minimum absolute atomic E-state index is 0. The van der Waals surface area contributed by atoms with Crippen LogP contribution in [0.3, 0.4) is 0 Å². The van der Waals surface area contributed by atoms with Crippen LogP contribution in [0.1, 0.15) is 37.7 Å². The van der Waals surface area contributed by atoms with Crippen molar-refractivity contribution >= 4 is 11.9 Å². The van der Waals surface area contributed by atoms with Gasteiger partial charge in [-0.05, 0) is 18.6 Å². The lowest BCUT2D eigenvalue weighted by Crippen LogP contribution is -2.30. The summed E-state index contributed by atoms with van der Waals surface area (Å²) >= 11 is 0. The molecule has 0 spiro atoms. The minimum atomic E-state index is -3.01. The SMILES string of the molecule is COC(=O)C1=C(C)NC2=C(C(=O)OC2)[C@@H]1c1cccc(F)c1[C@H]1CC1(F)F.[HH]. The molecule has 0 radical (unpaired) electrons. The number of carbonyl (C=O) groups excluding carboxylic acids is 2. The first-order valence-corrected chi connectivity index (χ1v) is 8.38. The van der Waals surface area contributed by atoms with Crippen LogP contribution in [0, 0.1) is 5.82 Å². The Kier molecular flexibility index (Phi) is 3.83. The van der Waals surface area contributed by atoms with Crippen molar-refractivity contribution in [1.82, 2.24) is 5.32 Å². The van der Waals surface area contributed by atoms with Gasteiger partial charge in [0, 0.05) is 19.1 Å². The highest BCUT2D eigenvalue weighted by atomic mass is 19.3. The quantitative estimate of drug-likeness (QED) is 0.815. The number of halogens is 3. The zero-order valence-corrected chi connectivity index (χ0v) is 14.6. The maximum absolute atomic E-state index is 14.6. The summed E-state index contributed by atoms with van der Waals surface area (Å²) in [6.45, 7) is 1.58. The Balaban J connectivity index is 0.00000225. The average Bonchev–Trinajstić information content (AvgIpc) is 3.09. The Labute approximate surface area is 154 Å². The van der Waals surface area contributed by atoms with E-state index in [1.54, 1.807) is 6.92 Å². The average molecular weight is 381 g/mol. The summed E-state index contributed by atoms with van der Waals surface area (Å²) in [5.74, 6) is -7.52. The van der Waals surface area contributed by atoms with E-state index >= 15 is 0 Å². The topological polar surface area (TPSA) is 64.6 Å². The summed E-state index contributed by atoms with van der Waals surface area (Å²) in [7, 11) is 1.18. The summed E-state index contributed by atoms with van der Waals surface area (Å²) in [5, 5.41) is 2.94. The largest absolute Gasteiger partial charge is 0.466 e. The van der Waals surface area contributed by atoms with E-state index in [4.69, 9.17) is 9.47 Å². The van der Waals surface area contributed by atoms with Gasteiger partial charge >= 0.3 is 11.9 Å². The zero-order chi connectivity index (χ0) is 19.5. The highest BCUT2D eigenvalue weighted by molar-refractivity contribution is 6.01. The van der Waals surface area contributed by atoms with Gasteiger partial charge in [-0.1, -0.05) is 12.1 Å². The van der Waals surface area contributed by atoms with Gasteiger partial charge in [-0.25, -0.2) is 22.8 Å². The third-order valence-electron chi connectivity index (χ3n) is 5.19. The molecule has 4 rings (SSSR count). The number of nitrogens with one attached hydrogen (secondary N) is 1. The van der Waals surface area contributed by atoms with Gasteiger partial charge in [-0.3, -0.25) is 0 Å². The third kappa shape index (κ3) is 2.62. The summed E-state index contributed by atoms with van der Waals surface area (Å²) in [4.78, 5) is 24.8. The van der Waals surface area contributed by atoms with E-state index in [1.807, 2.05) is 0 Å². The maximum Gasteiger partial charge on any atom is 0.337 e. The number of allylic oxidation sites excluding steroid dienone is 1. The first-order chi connectivity index (χ1) is 12.8. The number of hydrogen-bond acceptors (Lipinski definition) is 5. The number of methoxy groups -OCH3 is 1. The Hall–Kier alpha value is -2.77. The van der Waals surface area contributed by atoms with Crippen LogP contribution in [0.15, 0.2) is 40.7 Å². The van der Waals surface area contributed by atoms with Crippen molar-refractivity contribution in [2.24, 2.45) is 0 Å². The molecule has 0 aromatic heterocycles. The van der Waals surface area contributed by atoms with Crippen LogP contribution in [0.25, 0.3) is 0 Å². The summed E-state index contributed by atoms with van der Waals surface area (Å²) in [5.41, 5.74) is 1.03. The molecule has 0 bridgehead atoms. The molecule has 1 aromatic carbocycles. The van der Waals surface area contributed by atoms with Crippen LogP contribution >= 0.6 is 0 Å². The highest BCUT2D eigenvalue weighted by Crippen LogP contribution is 2.58. The molecule has 5 nitrogen and oxygen atoms in total. The lowest BCUT2D eigenvalue weighted by molar-refractivity contribution is -0.136. The number of rotatable bonds is 3. The molecule has 0 unspecified atom stereocenters. The molecule has 1 saturated carbocycles. The van der Waals surface area contributed by atoms with Gasteiger partial charge in [0.2, 0.25) is 0 Å². The van der Waals surface area contributed by atoms with E-state index in [0.29, 0.717) is 11.4 Å². The molecular weight excluding hydrogens is 363 g/mol. The number of hydrogen-bond donors (Lipinski definition) is 1. The van der Waals surface area contributed by atoms with Crippen molar-refractivity contribution in [3.05, 3.63) is 57.7 Å². The Morgan fingerprint density at radius 1 is 1.41 bits per heavy atom. The van der Waals surface area contributed by atoms with Crippen molar-refractivity contribution in [1.29, 1.82) is 0 Å². The molecule has 1 aromatic rings. The molecule has 0 amide bonds. The van der Waals surface area contributed by atoms with Crippen molar-refractivity contribution in [2.45, 2.75) is 31.1 Å². The van der Waals surface area contributed by atoms with Crippen molar-refractivity contribution in [3.63, 3.8) is 0 Å². The fourth-order valence-electron chi connectivity index (χ4n) is 3.86. The number of cyclic esters (lactones) is 1. The van der Waals surface area contributed by atoms with Crippen molar-refractivity contribution in [3.8, 4) is 0 Å². The second-order valence-electron chi connectivity index (χ2n) is 6.82. The van der Waals surface area contributed by atoms with Gasteiger partial charge in [0.05, 0.1) is 35.8 Å². The van der Waals surface area contributed by atoms with E-state index in [1.165, 1.54) is 19.2 Å². The number of dihydropyridines is 1. The van der Waals surface area contributed by atoms with E-state index in [0.717, 1.165) is 6.07 Å². The van der Waals surface area contributed by atoms with Crippen LogP contribution in [0.2, 0.25) is 0 Å².